The summed E-state index contributed by atoms with van der Waals surface area (Å²) < 4.78 is 38.7. The summed E-state index contributed by atoms with van der Waals surface area (Å²) in [6.07, 6.45) is -2.48. The van der Waals surface area contributed by atoms with Crippen LogP contribution in [-0.4, -0.2) is 44.0 Å². The first-order valence-corrected chi connectivity index (χ1v) is 8.57. The molecule has 1 unspecified atom stereocenters. The number of nitrogens with zero attached hydrogens (tertiary/aromatic N) is 2. The molecule has 26 heavy (non-hydrogen) atoms. The Morgan fingerprint density at radius 2 is 2.00 bits per heavy atom. The number of hydrogen-bond donors (Lipinski definition) is 2. The molecule has 1 rings (SSSR count). The third-order valence-corrected chi connectivity index (χ3v) is 3.76. The predicted molar refractivity (Wildman–Crippen MR) is 96.9 cm³/mol. The first kappa shape index (κ1) is 21.8. The molecule has 2 N–H and O–H groups in total. The van der Waals surface area contributed by atoms with E-state index in [0.29, 0.717) is 18.1 Å². The highest BCUT2D eigenvalue weighted by Crippen LogP contribution is 2.30. The second-order valence-corrected chi connectivity index (χ2v) is 6.22. The second kappa shape index (κ2) is 10.0. The van der Waals surface area contributed by atoms with Crippen LogP contribution in [0.3, 0.4) is 0 Å². The third-order valence-electron chi connectivity index (χ3n) is 3.76. The Hall–Kier alpha value is -2.25. The highest BCUT2D eigenvalue weighted by Gasteiger charge is 2.30. The van der Waals surface area contributed by atoms with Gasteiger partial charge >= 0.3 is 6.18 Å². The molecule has 1 atom stereocenters. The van der Waals surface area contributed by atoms with Crippen LogP contribution in [0.5, 0.6) is 0 Å². The van der Waals surface area contributed by atoms with Crippen LogP contribution in [-0.2, 0) is 11.0 Å². The van der Waals surface area contributed by atoms with E-state index < -0.39 is 17.8 Å². The zero-order chi connectivity index (χ0) is 19.7. The summed E-state index contributed by atoms with van der Waals surface area (Å²) in [5, 5.41) is 6.17. The maximum atomic E-state index is 12.9. The van der Waals surface area contributed by atoms with E-state index in [2.05, 4.69) is 15.6 Å². The fourth-order valence-electron chi connectivity index (χ4n) is 2.10. The maximum Gasteiger partial charge on any atom is 0.416 e. The Balaban J connectivity index is 2.88. The first-order valence-electron chi connectivity index (χ1n) is 8.57. The Bertz CT molecular complexity index is 615. The van der Waals surface area contributed by atoms with Crippen molar-refractivity contribution in [2.45, 2.75) is 38.9 Å². The Morgan fingerprint density at radius 1 is 1.31 bits per heavy atom. The van der Waals surface area contributed by atoms with Crippen molar-refractivity contribution in [1.82, 2.24) is 15.5 Å². The quantitative estimate of drug-likeness (QED) is 0.439. The molecule has 0 heterocycles. The highest BCUT2D eigenvalue weighted by atomic mass is 19.4. The number of nitrogens with one attached hydrogen (secondary N) is 2. The van der Waals surface area contributed by atoms with Gasteiger partial charge in [0, 0.05) is 20.6 Å². The zero-order valence-corrected chi connectivity index (χ0v) is 15.7. The summed E-state index contributed by atoms with van der Waals surface area (Å²) in [6.45, 7) is 4.42. The molecule has 8 heteroatoms. The molecule has 1 aromatic rings. The molecule has 0 radical (unpaired) electrons. The van der Waals surface area contributed by atoms with Crippen LogP contribution < -0.4 is 10.6 Å². The van der Waals surface area contributed by atoms with Crippen LogP contribution in [0.15, 0.2) is 29.3 Å². The van der Waals surface area contributed by atoms with Crippen molar-refractivity contribution in [1.29, 1.82) is 0 Å². The molecule has 0 fully saturated rings. The lowest BCUT2D eigenvalue weighted by molar-refractivity contribution is -0.137. The molecule has 0 aliphatic heterocycles. The van der Waals surface area contributed by atoms with Gasteiger partial charge < -0.3 is 15.5 Å². The minimum atomic E-state index is -4.38. The summed E-state index contributed by atoms with van der Waals surface area (Å²) in [7, 11) is 3.28. The van der Waals surface area contributed by atoms with Gasteiger partial charge in [-0.05, 0) is 31.0 Å². The number of hydrogen-bond acceptors (Lipinski definition) is 2. The van der Waals surface area contributed by atoms with Gasteiger partial charge in [0.05, 0.1) is 11.6 Å². The Labute approximate surface area is 152 Å². The fraction of sp³-hybridized carbons (Fsp3) is 0.556. The van der Waals surface area contributed by atoms with Gasteiger partial charge in [-0.3, -0.25) is 4.79 Å². The van der Waals surface area contributed by atoms with Gasteiger partial charge in [0.25, 0.3) is 0 Å². The fourth-order valence-corrected chi connectivity index (χ4v) is 2.10. The Morgan fingerprint density at radius 3 is 2.58 bits per heavy atom. The summed E-state index contributed by atoms with van der Waals surface area (Å²) in [6, 6.07) is 4.77. The number of amides is 1. The van der Waals surface area contributed by atoms with Crippen molar-refractivity contribution in [2.24, 2.45) is 4.99 Å². The van der Waals surface area contributed by atoms with Crippen LogP contribution in [0.1, 0.15) is 43.9 Å². The number of rotatable bonds is 7. The van der Waals surface area contributed by atoms with E-state index in [9.17, 15) is 18.0 Å². The van der Waals surface area contributed by atoms with Gasteiger partial charge in [0.2, 0.25) is 5.91 Å². The number of guanidine groups is 1. The molecule has 146 valence electrons. The average molecular weight is 372 g/mol. The SMILES string of the molecule is CCCCNC(=NCC(=O)N(C)C)NC(C)c1cccc(C(F)(F)F)c1. The van der Waals surface area contributed by atoms with E-state index in [0.717, 1.165) is 25.0 Å². The summed E-state index contributed by atoms with van der Waals surface area (Å²) in [4.78, 5) is 17.4. The largest absolute Gasteiger partial charge is 0.416 e. The molecule has 0 saturated heterocycles. The monoisotopic (exact) mass is 372 g/mol. The molecule has 0 bridgehead atoms. The number of carbonyl (C=O) groups excluding carboxylic acids is 1. The molecular formula is C18H27F3N4O. The Kier molecular flexibility index (Phi) is 8.41. The van der Waals surface area contributed by atoms with Crippen LogP contribution >= 0.6 is 0 Å². The van der Waals surface area contributed by atoms with Gasteiger partial charge in [-0.25, -0.2) is 4.99 Å². The van der Waals surface area contributed by atoms with Crippen molar-refractivity contribution in [2.75, 3.05) is 27.2 Å². The lowest BCUT2D eigenvalue weighted by atomic mass is 10.1. The molecule has 0 saturated carbocycles. The number of benzene rings is 1. The predicted octanol–water partition coefficient (Wildman–Crippen LogP) is 3.19. The summed E-state index contributed by atoms with van der Waals surface area (Å²) >= 11 is 0. The third kappa shape index (κ3) is 7.33. The number of likely N-dealkylation sites (N-methyl/N-ethyl adjacent to an activating group) is 1. The minimum absolute atomic E-state index is 0.0379. The van der Waals surface area contributed by atoms with E-state index in [1.165, 1.54) is 11.0 Å². The first-order chi connectivity index (χ1) is 12.1. The van der Waals surface area contributed by atoms with Crippen molar-refractivity contribution in [3.63, 3.8) is 0 Å². The van der Waals surface area contributed by atoms with Crippen LogP contribution in [0.4, 0.5) is 13.2 Å². The lowest BCUT2D eigenvalue weighted by Gasteiger charge is -2.20. The minimum Gasteiger partial charge on any atom is -0.356 e. The number of unbranched alkanes of at least 4 members (excludes halogenated alkanes) is 1. The zero-order valence-electron chi connectivity index (χ0n) is 15.7. The van der Waals surface area contributed by atoms with E-state index >= 15 is 0 Å². The molecule has 0 aliphatic rings. The average Bonchev–Trinajstić information content (AvgIpc) is 2.58. The van der Waals surface area contributed by atoms with Crippen LogP contribution in [0, 0.1) is 0 Å². The number of carbonyl (C=O) groups is 1. The molecule has 5 nitrogen and oxygen atoms in total. The molecule has 1 aromatic carbocycles. The standard InChI is InChI=1S/C18H27F3N4O/c1-5-6-10-22-17(23-12-16(26)25(3)4)24-13(2)14-8-7-9-15(11-14)18(19,20)21/h7-9,11,13H,5-6,10,12H2,1-4H3,(H2,22,23,24). The van der Waals surface area contributed by atoms with Crippen molar-refractivity contribution < 1.29 is 18.0 Å². The van der Waals surface area contributed by atoms with Crippen LogP contribution in [0.25, 0.3) is 0 Å². The van der Waals surface area contributed by atoms with Crippen molar-refractivity contribution in [3.8, 4) is 0 Å². The highest BCUT2D eigenvalue weighted by molar-refractivity contribution is 5.85. The van der Waals surface area contributed by atoms with Gasteiger partial charge in [-0.2, -0.15) is 13.2 Å². The topological polar surface area (TPSA) is 56.7 Å². The van der Waals surface area contributed by atoms with Gasteiger partial charge in [0.15, 0.2) is 5.96 Å². The summed E-state index contributed by atoms with van der Waals surface area (Å²) in [5.41, 5.74) is -0.201. The molecule has 0 aliphatic carbocycles. The van der Waals surface area contributed by atoms with E-state index in [-0.39, 0.29) is 12.5 Å². The normalized spacial score (nSPS) is 13.3. The lowest BCUT2D eigenvalue weighted by Crippen LogP contribution is -2.40. The number of alkyl halides is 3. The number of aliphatic imine (C=N–C) groups is 1. The van der Waals surface area contributed by atoms with E-state index in [4.69, 9.17) is 0 Å². The maximum absolute atomic E-state index is 12.9. The van der Waals surface area contributed by atoms with Crippen molar-refractivity contribution >= 4 is 11.9 Å². The summed E-state index contributed by atoms with van der Waals surface area (Å²) in [5.74, 6) is 0.242. The van der Waals surface area contributed by atoms with Crippen molar-refractivity contribution in [3.05, 3.63) is 35.4 Å². The van der Waals surface area contributed by atoms with Gasteiger partial charge in [-0.1, -0.05) is 25.5 Å². The number of halogens is 3. The van der Waals surface area contributed by atoms with Gasteiger partial charge in [-0.15, -0.1) is 0 Å². The van der Waals surface area contributed by atoms with E-state index in [1.54, 1.807) is 27.1 Å². The molecule has 0 spiro atoms. The van der Waals surface area contributed by atoms with Gasteiger partial charge in [0.1, 0.15) is 6.54 Å². The molecular weight excluding hydrogens is 345 g/mol. The van der Waals surface area contributed by atoms with Crippen LogP contribution in [0.2, 0.25) is 0 Å². The van der Waals surface area contributed by atoms with E-state index in [1.807, 2.05) is 6.92 Å². The molecule has 0 aromatic heterocycles. The smallest absolute Gasteiger partial charge is 0.356 e. The second-order valence-electron chi connectivity index (χ2n) is 6.22. The molecule has 1 amide bonds.